The number of rotatable bonds is 7. The summed E-state index contributed by atoms with van der Waals surface area (Å²) in [5, 5.41) is 0. The van der Waals surface area contributed by atoms with Gasteiger partial charge in [-0.05, 0) is 80.2 Å². The third kappa shape index (κ3) is 4.89. The molecular formula is C31H34N2O. The van der Waals surface area contributed by atoms with E-state index in [0.717, 1.165) is 64.3 Å². The van der Waals surface area contributed by atoms with E-state index in [1.54, 1.807) is 0 Å². The van der Waals surface area contributed by atoms with Crippen molar-refractivity contribution in [2.24, 2.45) is 0 Å². The van der Waals surface area contributed by atoms with Crippen LogP contribution < -0.4 is 0 Å². The van der Waals surface area contributed by atoms with Crippen LogP contribution in [0.2, 0.25) is 0 Å². The second kappa shape index (κ2) is 10.2. The second-order valence-corrected chi connectivity index (χ2v) is 9.17. The van der Waals surface area contributed by atoms with Gasteiger partial charge in [0.25, 0.3) is 0 Å². The second-order valence-electron chi connectivity index (χ2n) is 9.17. The molecular weight excluding hydrogens is 416 g/mol. The molecule has 3 heterocycles. The molecule has 0 radical (unpaired) electrons. The number of ether oxygens (including phenoxy) is 1. The van der Waals surface area contributed by atoms with E-state index >= 15 is 0 Å². The minimum absolute atomic E-state index is 0.00208. The van der Waals surface area contributed by atoms with Gasteiger partial charge in [0.05, 0.1) is 5.69 Å². The molecule has 4 rings (SSSR count). The van der Waals surface area contributed by atoms with Crippen molar-refractivity contribution in [3.8, 4) is 11.3 Å². The summed E-state index contributed by atoms with van der Waals surface area (Å²) in [6, 6.07) is 14.9. The number of benzene rings is 1. The number of pyridine rings is 2. The fourth-order valence-corrected chi connectivity index (χ4v) is 4.57. The average Bonchev–Trinajstić information content (AvgIpc) is 3.25. The van der Waals surface area contributed by atoms with Crippen molar-refractivity contribution in [1.29, 1.82) is 0 Å². The highest BCUT2D eigenvalue weighted by molar-refractivity contribution is 5.86. The molecule has 0 saturated carbocycles. The van der Waals surface area contributed by atoms with E-state index in [9.17, 15) is 0 Å². The normalized spacial score (nSPS) is 16.7. The molecule has 2 aromatic heterocycles. The molecule has 0 saturated heterocycles. The van der Waals surface area contributed by atoms with Gasteiger partial charge in [-0.3, -0.25) is 9.97 Å². The molecule has 0 aliphatic carbocycles. The Morgan fingerprint density at radius 1 is 0.971 bits per heavy atom. The van der Waals surface area contributed by atoms with E-state index in [1.165, 1.54) is 16.7 Å². The first-order chi connectivity index (χ1) is 16.4. The van der Waals surface area contributed by atoms with Crippen LogP contribution in [0.1, 0.15) is 61.6 Å². The van der Waals surface area contributed by atoms with Crippen LogP contribution in [0.3, 0.4) is 0 Å². The van der Waals surface area contributed by atoms with Gasteiger partial charge in [-0.15, -0.1) is 0 Å². The molecule has 1 atom stereocenters. The Labute approximate surface area is 203 Å². The molecule has 1 aliphatic rings. The van der Waals surface area contributed by atoms with Crippen LogP contribution in [-0.2, 0) is 11.2 Å². The maximum Gasteiger partial charge on any atom is 0.128 e. The lowest BCUT2D eigenvalue weighted by molar-refractivity contribution is 0.185. The number of allylic oxidation sites excluding steroid dienone is 3. The molecule has 3 aromatic rings. The first kappa shape index (κ1) is 23.7. The molecule has 174 valence electrons. The number of hydrogen-bond acceptors (Lipinski definition) is 3. The molecule has 3 nitrogen and oxygen atoms in total. The highest BCUT2D eigenvalue weighted by Crippen LogP contribution is 2.39. The van der Waals surface area contributed by atoms with Crippen molar-refractivity contribution in [2.75, 3.05) is 0 Å². The van der Waals surface area contributed by atoms with Crippen LogP contribution in [0.25, 0.3) is 22.4 Å². The lowest BCUT2D eigenvalue weighted by atomic mass is 9.93. The van der Waals surface area contributed by atoms with Gasteiger partial charge < -0.3 is 4.74 Å². The van der Waals surface area contributed by atoms with Gasteiger partial charge in [0, 0.05) is 34.8 Å². The zero-order valence-corrected chi connectivity index (χ0v) is 21.0. The molecule has 0 spiro atoms. The Morgan fingerprint density at radius 2 is 1.74 bits per heavy atom. The Balaban J connectivity index is 1.69. The summed E-state index contributed by atoms with van der Waals surface area (Å²) in [6.07, 6.45) is 9.03. The van der Waals surface area contributed by atoms with E-state index in [4.69, 9.17) is 9.72 Å². The van der Waals surface area contributed by atoms with E-state index in [-0.39, 0.29) is 6.10 Å². The molecule has 0 fully saturated rings. The topological polar surface area (TPSA) is 35.0 Å². The minimum atomic E-state index is -0.00208. The summed E-state index contributed by atoms with van der Waals surface area (Å²) < 4.78 is 6.48. The quantitative estimate of drug-likeness (QED) is 0.367. The van der Waals surface area contributed by atoms with E-state index < -0.39 is 0 Å². The summed E-state index contributed by atoms with van der Waals surface area (Å²) in [6.45, 7) is 14.9. The summed E-state index contributed by atoms with van der Waals surface area (Å²) in [5.74, 6) is 0.890. The summed E-state index contributed by atoms with van der Waals surface area (Å²) in [4.78, 5) is 9.33. The molecule has 1 unspecified atom stereocenters. The van der Waals surface area contributed by atoms with E-state index in [2.05, 4.69) is 87.8 Å². The van der Waals surface area contributed by atoms with Crippen molar-refractivity contribution in [3.05, 3.63) is 107 Å². The average molecular weight is 451 g/mol. The van der Waals surface area contributed by atoms with Gasteiger partial charge in [0.15, 0.2) is 0 Å². The summed E-state index contributed by atoms with van der Waals surface area (Å²) in [7, 11) is 0. The van der Waals surface area contributed by atoms with Crippen LogP contribution >= 0.6 is 0 Å². The molecule has 1 aliphatic heterocycles. The molecule has 34 heavy (non-hydrogen) atoms. The van der Waals surface area contributed by atoms with Gasteiger partial charge in [-0.1, -0.05) is 56.7 Å². The molecule has 1 aromatic carbocycles. The Kier molecular flexibility index (Phi) is 7.12. The zero-order chi connectivity index (χ0) is 24.2. The van der Waals surface area contributed by atoms with Gasteiger partial charge in [0.1, 0.15) is 11.9 Å². The van der Waals surface area contributed by atoms with Gasteiger partial charge >= 0.3 is 0 Å². The predicted molar refractivity (Wildman–Crippen MR) is 142 cm³/mol. The predicted octanol–water partition coefficient (Wildman–Crippen LogP) is 7.89. The number of nitrogens with zero attached hydrogens (tertiary/aromatic N) is 2. The van der Waals surface area contributed by atoms with Gasteiger partial charge in [-0.25, -0.2) is 0 Å². The monoisotopic (exact) mass is 450 g/mol. The fraction of sp³-hybridized carbons (Fsp3) is 0.290. The van der Waals surface area contributed by atoms with E-state index in [0.29, 0.717) is 0 Å². The first-order valence-electron chi connectivity index (χ1n) is 12.2. The van der Waals surface area contributed by atoms with Crippen molar-refractivity contribution in [2.45, 2.75) is 60.0 Å². The highest BCUT2D eigenvalue weighted by Gasteiger charge is 2.27. The van der Waals surface area contributed by atoms with Crippen LogP contribution in [0, 0.1) is 13.8 Å². The maximum atomic E-state index is 6.48. The molecule has 3 heteroatoms. The van der Waals surface area contributed by atoms with E-state index in [1.807, 2.05) is 19.3 Å². The van der Waals surface area contributed by atoms with Crippen molar-refractivity contribution in [3.63, 3.8) is 0 Å². The Hall–Kier alpha value is -3.46. The van der Waals surface area contributed by atoms with Crippen molar-refractivity contribution >= 4 is 11.1 Å². The highest BCUT2D eigenvalue weighted by atomic mass is 16.5. The largest absolute Gasteiger partial charge is 0.485 e. The number of aryl methyl sites for hydroxylation is 3. The third-order valence-corrected chi connectivity index (χ3v) is 6.32. The molecule has 0 amide bonds. The minimum Gasteiger partial charge on any atom is -0.485 e. The zero-order valence-electron chi connectivity index (χ0n) is 21.0. The Bertz CT molecular complexity index is 1250. The SMILES string of the molecule is C=C(C)/C(=C1\C=C(c2ccc(-c3ccc(CCC)nc3)nc2)C(CC)O1)c1ccc(C)cc1C. The standard InChI is InChI=1S/C31H34N2O/c1-7-9-25-13-11-24(19-32-25)28-15-12-23(18-33-28)27-17-30(34-29(27)8-2)31(20(3)4)26-14-10-21(5)16-22(26)6/h10-19,29H,3,7-9H2,1-2,4-6H3/b31-30-. The van der Waals surface area contributed by atoms with Gasteiger partial charge in [-0.2, -0.15) is 0 Å². The number of hydrogen-bond donors (Lipinski definition) is 0. The molecule has 0 N–H and O–H groups in total. The lowest BCUT2D eigenvalue weighted by Gasteiger charge is -2.17. The van der Waals surface area contributed by atoms with Crippen LogP contribution in [-0.4, -0.2) is 16.1 Å². The maximum absolute atomic E-state index is 6.48. The van der Waals surface area contributed by atoms with Crippen LogP contribution in [0.15, 0.2) is 78.8 Å². The molecule has 0 bridgehead atoms. The Morgan fingerprint density at radius 3 is 2.32 bits per heavy atom. The van der Waals surface area contributed by atoms with Crippen LogP contribution in [0.5, 0.6) is 0 Å². The van der Waals surface area contributed by atoms with Gasteiger partial charge in [0.2, 0.25) is 0 Å². The van der Waals surface area contributed by atoms with Crippen molar-refractivity contribution in [1.82, 2.24) is 9.97 Å². The first-order valence-corrected chi connectivity index (χ1v) is 12.2. The van der Waals surface area contributed by atoms with Crippen molar-refractivity contribution < 1.29 is 4.74 Å². The third-order valence-electron chi connectivity index (χ3n) is 6.32. The summed E-state index contributed by atoms with van der Waals surface area (Å²) >= 11 is 0. The fourth-order valence-electron chi connectivity index (χ4n) is 4.57. The summed E-state index contributed by atoms with van der Waals surface area (Å²) in [5.41, 5.74) is 11.1. The van der Waals surface area contributed by atoms with Crippen LogP contribution in [0.4, 0.5) is 0 Å². The number of aromatic nitrogens is 2. The lowest BCUT2D eigenvalue weighted by Crippen LogP contribution is -2.08. The smallest absolute Gasteiger partial charge is 0.128 e.